The number of allylic oxidation sites excluding steroid dienone is 6. The van der Waals surface area contributed by atoms with Gasteiger partial charge in [-0.1, -0.05) is 26.0 Å². The first-order chi connectivity index (χ1) is 6.90. The molecule has 0 heterocycles. The molecule has 15 heavy (non-hydrogen) atoms. The Kier molecular flexibility index (Phi) is 3.08. The second-order valence-electron chi connectivity index (χ2n) is 4.28. The molecule has 0 fully saturated rings. The van der Waals surface area contributed by atoms with Gasteiger partial charge in [-0.3, -0.25) is 9.59 Å². The molecule has 0 saturated carbocycles. The fourth-order valence-corrected chi connectivity index (χ4v) is 1.84. The SMILES string of the molecule is C/C=C/C(=O)C1=C(C)C(=O)C=CC1(C)C. The van der Waals surface area contributed by atoms with E-state index in [-0.39, 0.29) is 17.0 Å². The number of hydrogen-bond donors (Lipinski definition) is 0. The molecule has 0 amide bonds. The molecule has 0 aromatic carbocycles. The number of ketones is 2. The van der Waals surface area contributed by atoms with E-state index in [1.54, 1.807) is 32.1 Å². The first-order valence-corrected chi connectivity index (χ1v) is 5.02. The lowest BCUT2D eigenvalue weighted by atomic mass is 9.75. The highest BCUT2D eigenvalue weighted by molar-refractivity contribution is 6.15. The molecular weight excluding hydrogens is 188 g/mol. The van der Waals surface area contributed by atoms with Gasteiger partial charge in [0.05, 0.1) is 0 Å². The summed E-state index contributed by atoms with van der Waals surface area (Å²) in [5.74, 6) is -0.139. The van der Waals surface area contributed by atoms with Crippen LogP contribution in [-0.4, -0.2) is 11.6 Å². The molecule has 0 spiro atoms. The lowest BCUT2D eigenvalue weighted by molar-refractivity contribution is -0.114. The summed E-state index contributed by atoms with van der Waals surface area (Å²) in [6, 6.07) is 0. The molecule has 0 aliphatic heterocycles. The Hall–Kier alpha value is -1.44. The van der Waals surface area contributed by atoms with Crippen molar-refractivity contribution in [3.63, 3.8) is 0 Å². The van der Waals surface area contributed by atoms with Crippen molar-refractivity contribution in [2.45, 2.75) is 27.7 Å². The first kappa shape index (κ1) is 11.6. The van der Waals surface area contributed by atoms with Crippen LogP contribution in [0.25, 0.3) is 0 Å². The Balaban J connectivity index is 3.27. The van der Waals surface area contributed by atoms with Crippen LogP contribution in [0.1, 0.15) is 27.7 Å². The van der Waals surface area contributed by atoms with Crippen molar-refractivity contribution in [1.82, 2.24) is 0 Å². The molecule has 0 radical (unpaired) electrons. The van der Waals surface area contributed by atoms with Gasteiger partial charge in [0, 0.05) is 16.6 Å². The number of carbonyl (C=O) groups is 2. The molecule has 0 bridgehead atoms. The van der Waals surface area contributed by atoms with Gasteiger partial charge in [-0.2, -0.15) is 0 Å². The Morgan fingerprint density at radius 3 is 2.53 bits per heavy atom. The van der Waals surface area contributed by atoms with Crippen LogP contribution in [-0.2, 0) is 9.59 Å². The smallest absolute Gasteiger partial charge is 0.182 e. The molecule has 0 unspecified atom stereocenters. The Morgan fingerprint density at radius 2 is 2.00 bits per heavy atom. The summed E-state index contributed by atoms with van der Waals surface area (Å²) >= 11 is 0. The maximum absolute atomic E-state index is 11.8. The van der Waals surface area contributed by atoms with Crippen LogP contribution >= 0.6 is 0 Å². The highest BCUT2D eigenvalue weighted by atomic mass is 16.1. The predicted octanol–water partition coefficient (Wildman–Crippen LogP) is 2.61. The second kappa shape index (κ2) is 3.97. The molecule has 0 N–H and O–H groups in total. The van der Waals surface area contributed by atoms with Crippen molar-refractivity contribution in [2.75, 3.05) is 0 Å². The molecular formula is C13H16O2. The van der Waals surface area contributed by atoms with Crippen molar-refractivity contribution in [2.24, 2.45) is 5.41 Å². The van der Waals surface area contributed by atoms with E-state index in [9.17, 15) is 9.59 Å². The Bertz CT molecular complexity index is 393. The maximum Gasteiger partial charge on any atom is 0.182 e. The quantitative estimate of drug-likeness (QED) is 0.648. The average molecular weight is 204 g/mol. The van der Waals surface area contributed by atoms with Crippen molar-refractivity contribution >= 4 is 11.6 Å². The van der Waals surface area contributed by atoms with Crippen LogP contribution in [0.5, 0.6) is 0 Å². The molecule has 0 aromatic heterocycles. The number of hydrogen-bond acceptors (Lipinski definition) is 2. The maximum atomic E-state index is 11.8. The molecule has 0 atom stereocenters. The number of carbonyl (C=O) groups excluding carboxylic acids is 2. The van der Waals surface area contributed by atoms with Crippen LogP contribution < -0.4 is 0 Å². The van der Waals surface area contributed by atoms with Crippen LogP contribution in [0, 0.1) is 5.41 Å². The van der Waals surface area contributed by atoms with E-state index in [0.29, 0.717) is 11.1 Å². The van der Waals surface area contributed by atoms with Gasteiger partial charge in [-0.15, -0.1) is 0 Å². The topological polar surface area (TPSA) is 34.1 Å². The van der Waals surface area contributed by atoms with Gasteiger partial charge in [0.15, 0.2) is 11.6 Å². The minimum absolute atomic E-state index is 0.0674. The van der Waals surface area contributed by atoms with Gasteiger partial charge < -0.3 is 0 Å². The van der Waals surface area contributed by atoms with E-state index in [1.807, 2.05) is 13.8 Å². The van der Waals surface area contributed by atoms with Gasteiger partial charge in [-0.05, 0) is 26.0 Å². The van der Waals surface area contributed by atoms with Gasteiger partial charge in [0.25, 0.3) is 0 Å². The molecule has 2 heteroatoms. The van der Waals surface area contributed by atoms with Gasteiger partial charge in [0.2, 0.25) is 0 Å². The lowest BCUT2D eigenvalue weighted by Gasteiger charge is -2.27. The monoisotopic (exact) mass is 204 g/mol. The van der Waals surface area contributed by atoms with Crippen LogP contribution in [0.4, 0.5) is 0 Å². The van der Waals surface area contributed by atoms with Crippen LogP contribution in [0.3, 0.4) is 0 Å². The zero-order chi connectivity index (χ0) is 11.6. The van der Waals surface area contributed by atoms with Crippen LogP contribution in [0.15, 0.2) is 35.5 Å². The summed E-state index contributed by atoms with van der Waals surface area (Å²) in [5.41, 5.74) is 0.813. The first-order valence-electron chi connectivity index (χ1n) is 5.02. The summed E-state index contributed by atoms with van der Waals surface area (Å²) in [5, 5.41) is 0. The van der Waals surface area contributed by atoms with E-state index in [1.165, 1.54) is 6.08 Å². The van der Waals surface area contributed by atoms with Gasteiger partial charge in [0.1, 0.15) is 0 Å². The zero-order valence-corrected chi connectivity index (χ0v) is 9.63. The second-order valence-corrected chi connectivity index (χ2v) is 4.28. The molecule has 1 rings (SSSR count). The molecule has 1 aliphatic rings. The Morgan fingerprint density at radius 1 is 1.40 bits per heavy atom. The summed E-state index contributed by atoms with van der Waals surface area (Å²) in [6.45, 7) is 7.39. The van der Waals surface area contributed by atoms with Gasteiger partial charge >= 0.3 is 0 Å². The third kappa shape index (κ3) is 2.14. The Labute approximate surface area is 90.4 Å². The average Bonchev–Trinajstić information content (AvgIpc) is 2.12. The molecule has 1 aliphatic carbocycles. The molecule has 2 nitrogen and oxygen atoms in total. The van der Waals surface area contributed by atoms with Crippen molar-refractivity contribution in [3.8, 4) is 0 Å². The molecule has 80 valence electrons. The third-order valence-electron chi connectivity index (χ3n) is 2.60. The predicted molar refractivity (Wildman–Crippen MR) is 60.4 cm³/mol. The van der Waals surface area contributed by atoms with E-state index in [2.05, 4.69) is 0 Å². The normalized spacial score (nSPS) is 20.1. The highest BCUT2D eigenvalue weighted by Gasteiger charge is 2.31. The third-order valence-corrected chi connectivity index (χ3v) is 2.60. The van der Waals surface area contributed by atoms with E-state index in [0.717, 1.165) is 0 Å². The fourth-order valence-electron chi connectivity index (χ4n) is 1.84. The van der Waals surface area contributed by atoms with Crippen LogP contribution in [0.2, 0.25) is 0 Å². The largest absolute Gasteiger partial charge is 0.290 e. The highest BCUT2D eigenvalue weighted by Crippen LogP contribution is 2.34. The lowest BCUT2D eigenvalue weighted by Crippen LogP contribution is -2.25. The minimum Gasteiger partial charge on any atom is -0.290 e. The van der Waals surface area contributed by atoms with Crippen molar-refractivity contribution in [3.05, 3.63) is 35.5 Å². The van der Waals surface area contributed by atoms with E-state index < -0.39 is 0 Å². The van der Waals surface area contributed by atoms with Crippen molar-refractivity contribution < 1.29 is 9.59 Å². The zero-order valence-electron chi connectivity index (χ0n) is 9.63. The molecule has 0 aromatic rings. The minimum atomic E-state index is -0.353. The summed E-state index contributed by atoms with van der Waals surface area (Å²) in [6.07, 6.45) is 6.54. The standard InChI is InChI=1S/C13H16O2/c1-5-6-11(15)12-9(2)10(14)7-8-13(12,3)4/h5-8H,1-4H3/b6-5+. The van der Waals surface area contributed by atoms with Crippen molar-refractivity contribution in [1.29, 1.82) is 0 Å². The summed E-state index contributed by atoms with van der Waals surface area (Å²) in [4.78, 5) is 23.3. The van der Waals surface area contributed by atoms with Gasteiger partial charge in [-0.25, -0.2) is 0 Å². The molecule has 0 saturated heterocycles. The van der Waals surface area contributed by atoms with E-state index in [4.69, 9.17) is 0 Å². The summed E-state index contributed by atoms with van der Waals surface area (Å²) < 4.78 is 0. The van der Waals surface area contributed by atoms with E-state index >= 15 is 0 Å². The fraction of sp³-hybridized carbons (Fsp3) is 0.385. The summed E-state index contributed by atoms with van der Waals surface area (Å²) in [7, 11) is 0. The number of rotatable bonds is 2.